The third kappa shape index (κ3) is 4.37. The molecule has 0 radical (unpaired) electrons. The van der Waals surface area contributed by atoms with Crippen LogP contribution in [0.5, 0.6) is 0 Å². The lowest BCUT2D eigenvalue weighted by atomic mass is 10.0. The zero-order chi connectivity index (χ0) is 21.1. The number of carbonyl (C=O) groups is 2. The minimum atomic E-state index is -0.671. The van der Waals surface area contributed by atoms with Crippen LogP contribution in [0.2, 0.25) is 0 Å². The summed E-state index contributed by atoms with van der Waals surface area (Å²) in [6.45, 7) is 7.71. The van der Waals surface area contributed by atoms with Crippen molar-refractivity contribution in [2.75, 3.05) is 5.32 Å². The molecule has 1 atom stereocenters. The van der Waals surface area contributed by atoms with Gasteiger partial charge in [-0.3, -0.25) is 19.4 Å². The fourth-order valence-corrected chi connectivity index (χ4v) is 3.26. The zero-order valence-corrected chi connectivity index (χ0v) is 17.3. The molecule has 0 aliphatic heterocycles. The lowest BCUT2D eigenvalue weighted by Gasteiger charge is -2.21. The summed E-state index contributed by atoms with van der Waals surface area (Å²) < 4.78 is 1.48. The lowest BCUT2D eigenvalue weighted by Crippen LogP contribution is -2.47. The highest BCUT2D eigenvalue weighted by Crippen LogP contribution is 2.26. The maximum absolute atomic E-state index is 12.8. The van der Waals surface area contributed by atoms with Gasteiger partial charge in [-0.1, -0.05) is 26.0 Å². The normalized spacial score (nSPS) is 12.1. The first-order valence-corrected chi connectivity index (χ1v) is 9.49. The Bertz CT molecular complexity index is 997. The second-order valence-corrected chi connectivity index (χ2v) is 7.41. The predicted molar refractivity (Wildman–Crippen MR) is 111 cm³/mol. The maximum atomic E-state index is 12.8. The van der Waals surface area contributed by atoms with Crippen molar-refractivity contribution < 1.29 is 9.59 Å². The van der Waals surface area contributed by atoms with E-state index >= 15 is 0 Å². The number of amides is 2. The van der Waals surface area contributed by atoms with Crippen molar-refractivity contribution in [2.45, 2.75) is 33.7 Å². The number of benzene rings is 1. The van der Waals surface area contributed by atoms with Gasteiger partial charge >= 0.3 is 0 Å². The van der Waals surface area contributed by atoms with Gasteiger partial charge in [0.05, 0.1) is 5.69 Å². The number of hydrogen-bond acceptors (Lipinski definition) is 4. The SMILES string of the molecule is Cc1n[nH]c(C)c1-c1ccc(NC(=O)C(NC(=O)c2ccnn2C)C(C)C)cc1. The van der Waals surface area contributed by atoms with Crippen LogP contribution in [0.15, 0.2) is 36.5 Å². The number of H-pyrrole nitrogens is 1. The molecule has 2 amide bonds. The summed E-state index contributed by atoms with van der Waals surface area (Å²) in [6, 6.07) is 8.52. The van der Waals surface area contributed by atoms with E-state index in [0.29, 0.717) is 11.4 Å². The van der Waals surface area contributed by atoms with Crippen molar-refractivity contribution >= 4 is 17.5 Å². The topological polar surface area (TPSA) is 105 Å². The number of nitrogens with zero attached hydrogens (tertiary/aromatic N) is 3. The van der Waals surface area contributed by atoms with Crippen molar-refractivity contribution in [2.24, 2.45) is 13.0 Å². The quantitative estimate of drug-likeness (QED) is 0.598. The maximum Gasteiger partial charge on any atom is 0.270 e. The second-order valence-electron chi connectivity index (χ2n) is 7.41. The number of aromatic nitrogens is 4. The van der Waals surface area contributed by atoms with Gasteiger partial charge in [-0.05, 0) is 43.5 Å². The van der Waals surface area contributed by atoms with Crippen LogP contribution in [0.25, 0.3) is 11.1 Å². The average molecular weight is 394 g/mol. The van der Waals surface area contributed by atoms with Crippen LogP contribution >= 0.6 is 0 Å². The summed E-state index contributed by atoms with van der Waals surface area (Å²) in [7, 11) is 1.68. The number of aromatic amines is 1. The Labute approximate surface area is 169 Å². The fourth-order valence-electron chi connectivity index (χ4n) is 3.26. The molecule has 0 fully saturated rings. The van der Waals surface area contributed by atoms with Gasteiger partial charge in [0.2, 0.25) is 5.91 Å². The van der Waals surface area contributed by atoms with Crippen LogP contribution < -0.4 is 10.6 Å². The van der Waals surface area contributed by atoms with Gasteiger partial charge in [-0.15, -0.1) is 0 Å². The standard InChI is InChI=1S/C21H26N6O2/c1-12(2)19(24-20(28)17-10-11-22-27(17)5)21(29)23-16-8-6-15(7-9-16)18-13(3)25-26-14(18)4/h6-12,19H,1-5H3,(H,23,29)(H,24,28)(H,25,26). The Balaban J connectivity index is 1.71. The summed E-state index contributed by atoms with van der Waals surface area (Å²) in [5.41, 5.74) is 5.08. The Morgan fingerprint density at radius 2 is 1.79 bits per heavy atom. The fraction of sp³-hybridized carbons (Fsp3) is 0.333. The largest absolute Gasteiger partial charge is 0.339 e. The summed E-state index contributed by atoms with van der Waals surface area (Å²) in [6.07, 6.45) is 1.55. The van der Waals surface area contributed by atoms with E-state index < -0.39 is 6.04 Å². The van der Waals surface area contributed by atoms with Gasteiger partial charge in [0.25, 0.3) is 5.91 Å². The predicted octanol–water partition coefficient (Wildman–Crippen LogP) is 2.82. The highest BCUT2D eigenvalue weighted by Gasteiger charge is 2.25. The van der Waals surface area contributed by atoms with E-state index in [1.807, 2.05) is 52.0 Å². The minimum absolute atomic E-state index is 0.0809. The van der Waals surface area contributed by atoms with E-state index in [0.717, 1.165) is 22.5 Å². The molecule has 8 nitrogen and oxygen atoms in total. The van der Waals surface area contributed by atoms with E-state index in [2.05, 4.69) is 25.9 Å². The first-order chi connectivity index (χ1) is 13.8. The van der Waals surface area contributed by atoms with Crippen LogP contribution in [0.1, 0.15) is 35.7 Å². The molecule has 0 aliphatic rings. The number of rotatable bonds is 6. The molecule has 0 saturated heterocycles. The molecule has 0 saturated carbocycles. The van der Waals surface area contributed by atoms with Gasteiger partial charge in [0.15, 0.2) is 0 Å². The van der Waals surface area contributed by atoms with E-state index in [-0.39, 0.29) is 17.7 Å². The van der Waals surface area contributed by atoms with Crippen molar-refractivity contribution in [1.29, 1.82) is 0 Å². The van der Waals surface area contributed by atoms with Gasteiger partial charge in [-0.25, -0.2) is 0 Å². The van der Waals surface area contributed by atoms with Crippen LogP contribution in [0, 0.1) is 19.8 Å². The summed E-state index contributed by atoms with van der Waals surface area (Å²) in [5.74, 6) is -0.679. The summed E-state index contributed by atoms with van der Waals surface area (Å²) in [4.78, 5) is 25.3. The highest BCUT2D eigenvalue weighted by atomic mass is 16.2. The second kappa shape index (κ2) is 8.30. The number of aryl methyl sites for hydroxylation is 3. The molecule has 2 heterocycles. The number of nitrogens with one attached hydrogen (secondary N) is 3. The molecule has 1 aromatic carbocycles. The van der Waals surface area contributed by atoms with Crippen molar-refractivity contribution in [1.82, 2.24) is 25.3 Å². The molecule has 29 heavy (non-hydrogen) atoms. The van der Waals surface area contributed by atoms with Crippen LogP contribution in [0.3, 0.4) is 0 Å². The molecular weight excluding hydrogens is 368 g/mol. The van der Waals surface area contributed by atoms with E-state index in [1.165, 1.54) is 4.68 Å². The smallest absolute Gasteiger partial charge is 0.270 e. The monoisotopic (exact) mass is 394 g/mol. The molecule has 0 bridgehead atoms. The molecular formula is C21H26N6O2. The third-order valence-electron chi connectivity index (χ3n) is 4.86. The molecule has 0 aliphatic carbocycles. The van der Waals surface area contributed by atoms with Crippen LogP contribution in [-0.2, 0) is 11.8 Å². The first kappa shape index (κ1) is 20.3. The summed E-state index contributed by atoms with van der Waals surface area (Å²) >= 11 is 0. The summed E-state index contributed by atoms with van der Waals surface area (Å²) in [5, 5.41) is 16.9. The van der Waals surface area contributed by atoms with E-state index in [9.17, 15) is 9.59 Å². The van der Waals surface area contributed by atoms with Gasteiger partial charge < -0.3 is 10.6 Å². The van der Waals surface area contributed by atoms with Gasteiger partial charge in [0.1, 0.15) is 11.7 Å². The van der Waals surface area contributed by atoms with Crippen LogP contribution in [-0.4, -0.2) is 37.8 Å². The minimum Gasteiger partial charge on any atom is -0.339 e. The Morgan fingerprint density at radius 1 is 1.10 bits per heavy atom. The Kier molecular flexibility index (Phi) is 5.81. The first-order valence-electron chi connectivity index (χ1n) is 9.49. The molecule has 0 spiro atoms. The van der Waals surface area contributed by atoms with Gasteiger partial charge in [-0.2, -0.15) is 10.2 Å². The number of carbonyl (C=O) groups excluding carboxylic acids is 2. The van der Waals surface area contributed by atoms with Crippen molar-refractivity contribution in [3.05, 3.63) is 53.6 Å². The van der Waals surface area contributed by atoms with Crippen molar-refractivity contribution in [3.63, 3.8) is 0 Å². The Morgan fingerprint density at radius 3 is 2.31 bits per heavy atom. The Hall–Kier alpha value is -3.42. The van der Waals surface area contributed by atoms with Gasteiger partial charge in [0, 0.05) is 30.2 Å². The number of hydrogen-bond donors (Lipinski definition) is 3. The molecule has 3 rings (SSSR count). The van der Waals surface area contributed by atoms with Crippen LogP contribution in [0.4, 0.5) is 5.69 Å². The number of anilines is 1. The van der Waals surface area contributed by atoms with Crippen molar-refractivity contribution in [3.8, 4) is 11.1 Å². The molecule has 1 unspecified atom stereocenters. The molecule has 3 N–H and O–H groups in total. The molecule has 3 aromatic rings. The molecule has 152 valence electrons. The third-order valence-corrected chi connectivity index (χ3v) is 4.86. The van der Waals surface area contributed by atoms with E-state index in [1.54, 1.807) is 19.3 Å². The average Bonchev–Trinajstić information content (AvgIpc) is 3.25. The van der Waals surface area contributed by atoms with E-state index in [4.69, 9.17) is 0 Å². The molecule has 2 aromatic heterocycles. The lowest BCUT2D eigenvalue weighted by molar-refractivity contribution is -0.118. The zero-order valence-electron chi connectivity index (χ0n) is 17.3. The molecule has 8 heteroatoms. The highest BCUT2D eigenvalue weighted by molar-refractivity contribution is 6.00.